The van der Waals surface area contributed by atoms with Crippen LogP contribution in [0.2, 0.25) is 0 Å². The molecule has 4 nitrogen and oxygen atoms in total. The van der Waals surface area contributed by atoms with Crippen LogP contribution in [0, 0.1) is 5.92 Å². The van der Waals surface area contributed by atoms with Crippen molar-refractivity contribution in [1.82, 2.24) is 4.90 Å². The minimum atomic E-state index is 0.184. The van der Waals surface area contributed by atoms with Crippen molar-refractivity contribution in [2.45, 2.75) is 26.2 Å². The average molecular weight is 356 g/mol. The summed E-state index contributed by atoms with van der Waals surface area (Å²) in [5.41, 5.74) is 3.09. The summed E-state index contributed by atoms with van der Waals surface area (Å²) in [4.78, 5) is 18.5. The first-order chi connectivity index (χ1) is 12.1. The molecule has 1 saturated heterocycles. The molecule has 132 valence electrons. The van der Waals surface area contributed by atoms with Crippen LogP contribution in [0.15, 0.2) is 29.6 Å². The van der Waals surface area contributed by atoms with Crippen LogP contribution in [0.1, 0.15) is 34.1 Å². The summed E-state index contributed by atoms with van der Waals surface area (Å²) in [5, 5.41) is 12.1. The third-order valence-corrected chi connectivity index (χ3v) is 6.47. The number of rotatable bonds is 2. The van der Waals surface area contributed by atoms with E-state index in [1.54, 1.807) is 17.4 Å². The number of piperazine rings is 1. The molecule has 0 radical (unpaired) electrons. The fraction of sp³-hybridized carbons (Fsp3) is 0.450. The average Bonchev–Trinajstić information content (AvgIpc) is 3.04. The number of thiophene rings is 1. The second kappa shape index (κ2) is 6.71. The normalized spacial score (nSPS) is 20.4. The number of nitrogens with zero attached hydrogens (tertiary/aromatic N) is 2. The lowest BCUT2D eigenvalue weighted by Gasteiger charge is -2.36. The first-order valence-corrected chi connectivity index (χ1v) is 9.93. The number of carbonyl (C=O) groups is 1. The van der Waals surface area contributed by atoms with Crippen molar-refractivity contribution in [3.63, 3.8) is 0 Å². The Morgan fingerprint density at radius 3 is 2.72 bits per heavy atom. The van der Waals surface area contributed by atoms with Gasteiger partial charge in [0, 0.05) is 36.4 Å². The van der Waals surface area contributed by atoms with Crippen molar-refractivity contribution >= 4 is 22.9 Å². The smallest absolute Gasteiger partial charge is 0.255 e. The summed E-state index contributed by atoms with van der Waals surface area (Å²) in [5.74, 6) is 1.23. The summed E-state index contributed by atoms with van der Waals surface area (Å²) in [6.45, 7) is 5.21. The molecule has 1 fully saturated rings. The monoisotopic (exact) mass is 356 g/mol. The molecular weight excluding hydrogens is 332 g/mol. The molecule has 5 heteroatoms. The molecule has 2 aromatic rings. The standard InChI is InChI=1S/C20H24N2O2S/c1-14-6-7-15-16(13-25-19(15)12-14)20(24)22-10-8-21(9-11-22)17-4-2-3-5-18(17)23/h2-5,13-14,23H,6-12H2,1H3. The third-order valence-electron chi connectivity index (χ3n) is 5.42. The zero-order valence-electron chi connectivity index (χ0n) is 14.6. The highest BCUT2D eigenvalue weighted by atomic mass is 32.1. The fourth-order valence-corrected chi connectivity index (χ4v) is 5.15. The van der Waals surface area contributed by atoms with E-state index in [9.17, 15) is 9.90 Å². The van der Waals surface area contributed by atoms with E-state index < -0.39 is 0 Å². The molecule has 1 unspecified atom stereocenters. The predicted octanol–water partition coefficient (Wildman–Crippen LogP) is 3.54. The summed E-state index contributed by atoms with van der Waals surface area (Å²) >= 11 is 1.76. The van der Waals surface area contributed by atoms with Crippen LogP contribution in [-0.2, 0) is 12.8 Å². The molecule has 2 heterocycles. The quantitative estimate of drug-likeness (QED) is 0.895. The van der Waals surface area contributed by atoms with Gasteiger partial charge in [-0.25, -0.2) is 0 Å². The molecule has 2 aliphatic rings. The van der Waals surface area contributed by atoms with Crippen LogP contribution in [0.3, 0.4) is 0 Å². The number of hydrogen-bond acceptors (Lipinski definition) is 4. The molecule has 1 N–H and O–H groups in total. The highest BCUT2D eigenvalue weighted by Crippen LogP contribution is 2.34. The topological polar surface area (TPSA) is 43.8 Å². The maximum atomic E-state index is 13.0. The van der Waals surface area contributed by atoms with Crippen LogP contribution < -0.4 is 4.90 Å². The van der Waals surface area contributed by atoms with E-state index in [1.165, 1.54) is 16.9 Å². The van der Waals surface area contributed by atoms with Crippen LogP contribution in [0.4, 0.5) is 5.69 Å². The number of amides is 1. The molecule has 1 aromatic heterocycles. The lowest BCUT2D eigenvalue weighted by atomic mass is 9.88. The summed E-state index contributed by atoms with van der Waals surface area (Å²) in [7, 11) is 0. The lowest BCUT2D eigenvalue weighted by Crippen LogP contribution is -2.49. The molecule has 0 saturated carbocycles. The number of aromatic hydroxyl groups is 1. The highest BCUT2D eigenvalue weighted by Gasteiger charge is 2.28. The van der Waals surface area contributed by atoms with E-state index in [4.69, 9.17) is 0 Å². The van der Waals surface area contributed by atoms with Gasteiger partial charge in [-0.2, -0.15) is 0 Å². The van der Waals surface area contributed by atoms with Gasteiger partial charge in [-0.15, -0.1) is 11.3 Å². The first-order valence-electron chi connectivity index (χ1n) is 9.05. The Labute approximate surface area is 152 Å². The van der Waals surface area contributed by atoms with Crippen molar-refractivity contribution in [3.05, 3.63) is 45.6 Å². The Kier molecular flexibility index (Phi) is 4.42. The van der Waals surface area contributed by atoms with E-state index in [0.29, 0.717) is 18.8 Å². The molecule has 1 amide bonds. The zero-order valence-corrected chi connectivity index (χ0v) is 15.4. The van der Waals surface area contributed by atoms with E-state index >= 15 is 0 Å². The van der Waals surface area contributed by atoms with E-state index in [-0.39, 0.29) is 5.91 Å². The maximum absolute atomic E-state index is 13.0. The van der Waals surface area contributed by atoms with Gasteiger partial charge in [0.25, 0.3) is 5.91 Å². The number of phenolic OH excluding ortho intramolecular Hbond substituents is 1. The van der Waals surface area contributed by atoms with Gasteiger partial charge < -0.3 is 14.9 Å². The minimum Gasteiger partial charge on any atom is -0.506 e. The van der Waals surface area contributed by atoms with Crippen molar-refractivity contribution in [2.75, 3.05) is 31.1 Å². The van der Waals surface area contributed by atoms with Gasteiger partial charge in [-0.3, -0.25) is 4.79 Å². The second-order valence-corrected chi connectivity index (χ2v) is 8.13. The number of anilines is 1. The summed E-state index contributed by atoms with van der Waals surface area (Å²) < 4.78 is 0. The molecular formula is C20H24N2O2S. The number of phenols is 1. The Bertz CT molecular complexity index is 778. The molecule has 1 aliphatic carbocycles. The fourth-order valence-electron chi connectivity index (χ4n) is 3.91. The summed E-state index contributed by atoms with van der Waals surface area (Å²) in [6.07, 6.45) is 3.35. The number of para-hydroxylation sites is 2. The Morgan fingerprint density at radius 2 is 1.96 bits per heavy atom. The molecule has 0 bridgehead atoms. The first kappa shape index (κ1) is 16.5. The van der Waals surface area contributed by atoms with Crippen molar-refractivity contribution in [1.29, 1.82) is 0 Å². The molecule has 0 spiro atoms. The highest BCUT2D eigenvalue weighted by molar-refractivity contribution is 7.10. The maximum Gasteiger partial charge on any atom is 0.255 e. The van der Waals surface area contributed by atoms with Gasteiger partial charge in [-0.05, 0) is 42.9 Å². The van der Waals surface area contributed by atoms with Crippen LogP contribution in [-0.4, -0.2) is 42.1 Å². The van der Waals surface area contributed by atoms with Gasteiger partial charge in [0.15, 0.2) is 0 Å². The van der Waals surface area contributed by atoms with Crippen LogP contribution in [0.5, 0.6) is 5.75 Å². The second-order valence-electron chi connectivity index (χ2n) is 7.17. The Morgan fingerprint density at radius 1 is 1.20 bits per heavy atom. The Hall–Kier alpha value is -2.01. The van der Waals surface area contributed by atoms with Gasteiger partial charge >= 0.3 is 0 Å². The number of benzene rings is 1. The van der Waals surface area contributed by atoms with Gasteiger partial charge in [0.05, 0.1) is 11.3 Å². The lowest BCUT2D eigenvalue weighted by molar-refractivity contribution is 0.0746. The molecule has 25 heavy (non-hydrogen) atoms. The zero-order chi connectivity index (χ0) is 17.4. The predicted molar refractivity (Wildman–Crippen MR) is 102 cm³/mol. The van der Waals surface area contributed by atoms with Crippen molar-refractivity contribution in [2.24, 2.45) is 5.92 Å². The van der Waals surface area contributed by atoms with Gasteiger partial charge in [0.1, 0.15) is 5.75 Å². The van der Waals surface area contributed by atoms with E-state index in [0.717, 1.165) is 43.1 Å². The van der Waals surface area contributed by atoms with E-state index in [2.05, 4.69) is 17.2 Å². The number of carbonyl (C=O) groups excluding carboxylic acids is 1. The Balaban J connectivity index is 1.45. The number of hydrogen-bond donors (Lipinski definition) is 1. The van der Waals surface area contributed by atoms with E-state index in [1.807, 2.05) is 23.1 Å². The molecule has 1 aromatic carbocycles. The van der Waals surface area contributed by atoms with Gasteiger partial charge in [-0.1, -0.05) is 19.1 Å². The number of fused-ring (bicyclic) bond motifs is 1. The van der Waals surface area contributed by atoms with Crippen LogP contribution >= 0.6 is 11.3 Å². The largest absolute Gasteiger partial charge is 0.506 e. The van der Waals surface area contributed by atoms with Crippen LogP contribution in [0.25, 0.3) is 0 Å². The van der Waals surface area contributed by atoms with Crippen molar-refractivity contribution < 1.29 is 9.90 Å². The SMILES string of the molecule is CC1CCc2c(C(=O)N3CCN(c4ccccc4O)CC3)csc2C1. The van der Waals surface area contributed by atoms with Gasteiger partial charge in [0.2, 0.25) is 0 Å². The minimum absolute atomic E-state index is 0.184. The molecule has 1 aliphatic heterocycles. The van der Waals surface area contributed by atoms with Crippen molar-refractivity contribution in [3.8, 4) is 5.75 Å². The molecule has 1 atom stereocenters. The summed E-state index contributed by atoms with van der Waals surface area (Å²) in [6, 6.07) is 7.42. The molecule has 4 rings (SSSR count). The third kappa shape index (κ3) is 3.13.